The maximum atomic E-state index is 13.1. The zero-order valence-corrected chi connectivity index (χ0v) is 22.2. The first kappa shape index (κ1) is 25.3. The highest BCUT2D eigenvalue weighted by atomic mass is 79.9. The van der Waals surface area contributed by atoms with E-state index < -0.39 is 5.57 Å². The van der Waals surface area contributed by atoms with Crippen LogP contribution in [0.1, 0.15) is 54.9 Å². The van der Waals surface area contributed by atoms with Crippen molar-refractivity contribution in [3.63, 3.8) is 0 Å². The highest BCUT2D eigenvalue weighted by Crippen LogP contribution is 2.53. The van der Waals surface area contributed by atoms with Crippen LogP contribution in [0.5, 0.6) is 5.75 Å². The Labute approximate surface area is 222 Å². The third-order valence-electron chi connectivity index (χ3n) is 7.27. The van der Waals surface area contributed by atoms with Gasteiger partial charge in [0.1, 0.15) is 5.75 Å². The van der Waals surface area contributed by atoms with Crippen LogP contribution >= 0.6 is 27.5 Å². The molecule has 1 aliphatic carbocycles. The summed E-state index contributed by atoms with van der Waals surface area (Å²) < 4.78 is 30.0. The highest BCUT2D eigenvalue weighted by Gasteiger charge is 2.54. The molecule has 1 saturated heterocycles. The molecule has 2 amide bonds. The summed E-state index contributed by atoms with van der Waals surface area (Å²) in [6, 6.07) is 11.8. The van der Waals surface area contributed by atoms with Gasteiger partial charge in [-0.05, 0) is 74.7 Å². The lowest BCUT2D eigenvalue weighted by atomic mass is 9.95. The summed E-state index contributed by atoms with van der Waals surface area (Å²) in [4.78, 5) is 30.3. The summed E-state index contributed by atoms with van der Waals surface area (Å²) >= 11 is 8.67. The lowest BCUT2D eigenvalue weighted by molar-refractivity contribution is -0.129. The Hall–Kier alpha value is -2.39. The first-order chi connectivity index (χ1) is 17.0. The number of ether oxygens (including phenoxy) is 1. The van der Waals surface area contributed by atoms with Crippen molar-refractivity contribution in [1.82, 2.24) is 4.90 Å². The van der Waals surface area contributed by atoms with Gasteiger partial charge in [-0.25, -0.2) is 0 Å². The van der Waals surface area contributed by atoms with Crippen LogP contribution in [0, 0.1) is 0 Å². The predicted octanol–water partition coefficient (Wildman–Crippen LogP) is 5.95. The second kappa shape index (κ2) is 9.49. The van der Waals surface area contributed by atoms with Gasteiger partial charge in [0.2, 0.25) is 5.91 Å². The SMILES string of the molecule is CC(C)N1c2ccc(C(=O)Nc3ccc(OC(F)(F)Cl)cc3)cc2C2CC(Br)C(N3CCCC3=O)C21. The Bertz CT molecular complexity index is 1170. The van der Waals surface area contributed by atoms with Gasteiger partial charge in [-0.15, -0.1) is 8.78 Å². The maximum absolute atomic E-state index is 13.1. The molecule has 0 radical (unpaired) electrons. The average molecular weight is 583 g/mol. The summed E-state index contributed by atoms with van der Waals surface area (Å²) in [5.74, 6) is 0.0119. The monoisotopic (exact) mass is 581 g/mol. The molecule has 4 atom stereocenters. The summed E-state index contributed by atoms with van der Waals surface area (Å²) in [7, 11) is 0. The molecule has 5 rings (SSSR count). The minimum absolute atomic E-state index is 0.0816. The smallest absolute Gasteiger partial charge is 0.420 e. The van der Waals surface area contributed by atoms with Crippen LogP contribution in [-0.2, 0) is 4.79 Å². The fourth-order valence-corrected chi connectivity index (χ4v) is 7.05. The molecule has 192 valence electrons. The van der Waals surface area contributed by atoms with Crippen molar-refractivity contribution >= 4 is 50.7 Å². The Morgan fingerprint density at radius 1 is 1.19 bits per heavy atom. The minimum Gasteiger partial charge on any atom is -0.420 e. The molecule has 0 spiro atoms. The van der Waals surface area contributed by atoms with E-state index in [9.17, 15) is 18.4 Å². The summed E-state index contributed by atoms with van der Waals surface area (Å²) in [6.45, 7) is 5.10. The van der Waals surface area contributed by atoms with Crippen LogP contribution in [0.4, 0.5) is 20.2 Å². The Balaban J connectivity index is 1.38. The largest absolute Gasteiger partial charge is 0.487 e. The van der Waals surface area contributed by atoms with Crippen LogP contribution in [0.3, 0.4) is 0 Å². The molecule has 6 nitrogen and oxygen atoms in total. The third-order valence-corrected chi connectivity index (χ3v) is 8.27. The summed E-state index contributed by atoms with van der Waals surface area (Å²) in [6.07, 6.45) is 2.38. The molecular formula is C26H27BrClF2N3O3. The number of benzene rings is 2. The quantitative estimate of drug-likeness (QED) is 0.428. The van der Waals surface area contributed by atoms with Gasteiger partial charge in [0.25, 0.3) is 5.91 Å². The molecule has 1 N–H and O–H groups in total. The second-order valence-electron chi connectivity index (χ2n) is 9.83. The molecule has 3 aliphatic rings. The molecule has 2 aromatic rings. The topological polar surface area (TPSA) is 61.9 Å². The first-order valence-corrected chi connectivity index (χ1v) is 13.4. The van der Waals surface area contributed by atoms with E-state index in [0.29, 0.717) is 17.7 Å². The molecule has 1 saturated carbocycles. The van der Waals surface area contributed by atoms with E-state index in [1.54, 1.807) is 6.07 Å². The van der Waals surface area contributed by atoms with Gasteiger partial charge < -0.3 is 19.9 Å². The third kappa shape index (κ3) is 4.67. The van der Waals surface area contributed by atoms with E-state index in [4.69, 9.17) is 11.6 Å². The zero-order chi connectivity index (χ0) is 25.8. The standard InChI is InChI=1S/C26H27BrClF2N3O3/c1-14(2)33-21-10-5-15(25(35)31-16-6-8-17(9-7-16)36-26(28,29)30)12-18(21)19-13-20(27)24(23(19)33)32-11-3-4-22(32)34/h5-10,12,14,19-20,23-24H,3-4,11,13H2,1-2H3,(H,31,35). The molecular weight excluding hydrogens is 556 g/mol. The number of carbonyl (C=O) groups is 2. The fourth-order valence-electron chi connectivity index (χ4n) is 5.96. The number of nitrogens with zero attached hydrogens (tertiary/aromatic N) is 2. The van der Waals surface area contributed by atoms with Crippen LogP contribution in [0.2, 0.25) is 0 Å². The van der Waals surface area contributed by atoms with Gasteiger partial charge in [0, 0.05) is 58.3 Å². The van der Waals surface area contributed by atoms with Gasteiger partial charge in [-0.2, -0.15) is 0 Å². The van der Waals surface area contributed by atoms with Crippen molar-refractivity contribution in [2.75, 3.05) is 16.8 Å². The first-order valence-electron chi connectivity index (χ1n) is 12.1. The molecule has 2 fully saturated rings. The Morgan fingerprint density at radius 2 is 1.92 bits per heavy atom. The number of anilines is 2. The van der Waals surface area contributed by atoms with E-state index in [1.165, 1.54) is 24.3 Å². The molecule has 10 heteroatoms. The van der Waals surface area contributed by atoms with E-state index in [0.717, 1.165) is 30.6 Å². The number of hydrogen-bond donors (Lipinski definition) is 1. The number of nitrogens with one attached hydrogen (secondary N) is 1. The Morgan fingerprint density at radius 3 is 2.53 bits per heavy atom. The van der Waals surface area contributed by atoms with Gasteiger partial charge in [-0.3, -0.25) is 9.59 Å². The van der Waals surface area contributed by atoms with Crippen LogP contribution in [0.25, 0.3) is 0 Å². The van der Waals surface area contributed by atoms with Crippen LogP contribution < -0.4 is 15.0 Å². The van der Waals surface area contributed by atoms with E-state index in [-0.39, 0.29) is 46.4 Å². The molecule has 2 heterocycles. The highest BCUT2D eigenvalue weighted by molar-refractivity contribution is 9.09. The van der Waals surface area contributed by atoms with Gasteiger partial charge in [0.15, 0.2) is 0 Å². The number of alkyl halides is 4. The normalized spacial score (nSPS) is 25.4. The molecule has 36 heavy (non-hydrogen) atoms. The number of hydrogen-bond acceptors (Lipinski definition) is 4. The van der Waals surface area contributed by atoms with Crippen molar-refractivity contribution < 1.29 is 23.1 Å². The molecule has 4 unspecified atom stereocenters. The van der Waals surface area contributed by atoms with Gasteiger partial charge >= 0.3 is 5.57 Å². The molecule has 0 aromatic heterocycles. The number of halogens is 4. The molecule has 2 aromatic carbocycles. The number of likely N-dealkylation sites (tertiary alicyclic amines) is 1. The van der Waals surface area contributed by atoms with Gasteiger partial charge in [0.05, 0.1) is 12.1 Å². The zero-order valence-electron chi connectivity index (χ0n) is 19.9. The lowest BCUT2D eigenvalue weighted by Crippen LogP contribution is -2.53. The van der Waals surface area contributed by atoms with E-state index in [2.05, 4.69) is 44.7 Å². The minimum atomic E-state index is -3.80. The van der Waals surface area contributed by atoms with Gasteiger partial charge in [-0.1, -0.05) is 15.9 Å². The molecule has 2 aliphatic heterocycles. The lowest BCUT2D eigenvalue weighted by Gasteiger charge is -2.39. The maximum Gasteiger partial charge on any atom is 0.487 e. The fraction of sp³-hybridized carbons (Fsp3) is 0.462. The summed E-state index contributed by atoms with van der Waals surface area (Å²) in [5, 5.41) is 2.81. The Kier molecular flexibility index (Phi) is 6.66. The van der Waals surface area contributed by atoms with Crippen molar-refractivity contribution in [2.45, 2.75) is 67.5 Å². The van der Waals surface area contributed by atoms with Crippen molar-refractivity contribution in [3.05, 3.63) is 53.6 Å². The molecule has 0 bridgehead atoms. The average Bonchev–Trinajstić information content (AvgIpc) is 3.45. The van der Waals surface area contributed by atoms with Crippen molar-refractivity contribution in [3.8, 4) is 5.75 Å². The number of rotatable bonds is 6. The number of carbonyl (C=O) groups excluding carboxylic acids is 2. The number of amides is 2. The predicted molar refractivity (Wildman–Crippen MR) is 138 cm³/mol. The van der Waals surface area contributed by atoms with Crippen LogP contribution in [-0.4, -0.2) is 51.8 Å². The van der Waals surface area contributed by atoms with Crippen molar-refractivity contribution in [1.29, 1.82) is 0 Å². The number of fused-ring (bicyclic) bond motifs is 3. The van der Waals surface area contributed by atoms with E-state index >= 15 is 0 Å². The van der Waals surface area contributed by atoms with Crippen molar-refractivity contribution in [2.24, 2.45) is 0 Å². The van der Waals surface area contributed by atoms with Crippen LogP contribution in [0.15, 0.2) is 42.5 Å². The van der Waals surface area contributed by atoms with E-state index in [1.807, 2.05) is 17.0 Å². The second-order valence-corrected chi connectivity index (χ2v) is 11.4. The summed E-state index contributed by atoms with van der Waals surface area (Å²) in [5.41, 5.74) is -0.616.